The van der Waals surface area contributed by atoms with Crippen LogP contribution in [0.25, 0.3) is 0 Å². The molecule has 1 saturated heterocycles. The lowest BCUT2D eigenvalue weighted by Gasteiger charge is -2.26. The third-order valence-electron chi connectivity index (χ3n) is 4.15. The van der Waals surface area contributed by atoms with Crippen LogP contribution < -0.4 is 10.1 Å². The van der Waals surface area contributed by atoms with Crippen molar-refractivity contribution in [2.75, 3.05) is 31.6 Å². The van der Waals surface area contributed by atoms with E-state index in [0.717, 1.165) is 0 Å². The number of sulfonamides is 1. The minimum absolute atomic E-state index is 0.191. The molecule has 3 rings (SSSR count). The Labute approximate surface area is 158 Å². The number of amides is 1. The number of hydrogen-bond acceptors (Lipinski definition) is 5. The molecular weight excluding hydrogens is 368 g/mol. The van der Waals surface area contributed by atoms with Crippen LogP contribution in [0.15, 0.2) is 59.5 Å². The molecule has 1 N–H and O–H groups in total. The predicted octanol–water partition coefficient (Wildman–Crippen LogP) is 2.11. The van der Waals surface area contributed by atoms with Crippen LogP contribution >= 0.6 is 0 Å². The van der Waals surface area contributed by atoms with Gasteiger partial charge in [-0.05, 0) is 43.3 Å². The largest absolute Gasteiger partial charge is 0.481 e. The summed E-state index contributed by atoms with van der Waals surface area (Å²) in [5.74, 6) is 0.287. The van der Waals surface area contributed by atoms with Crippen molar-refractivity contribution in [1.82, 2.24) is 4.31 Å². The third-order valence-corrected chi connectivity index (χ3v) is 6.07. The van der Waals surface area contributed by atoms with E-state index >= 15 is 0 Å². The van der Waals surface area contributed by atoms with E-state index in [-0.39, 0.29) is 10.8 Å². The van der Waals surface area contributed by atoms with E-state index in [2.05, 4.69) is 5.32 Å². The van der Waals surface area contributed by atoms with Gasteiger partial charge in [-0.25, -0.2) is 8.42 Å². The molecule has 7 nitrogen and oxygen atoms in total. The van der Waals surface area contributed by atoms with Crippen molar-refractivity contribution in [3.8, 4) is 5.75 Å². The predicted molar refractivity (Wildman–Crippen MR) is 101 cm³/mol. The Kier molecular flexibility index (Phi) is 6.10. The number of hydrogen-bond donors (Lipinski definition) is 1. The van der Waals surface area contributed by atoms with Gasteiger partial charge >= 0.3 is 0 Å². The van der Waals surface area contributed by atoms with Gasteiger partial charge in [0.15, 0.2) is 6.10 Å². The number of nitrogens with one attached hydrogen (secondary N) is 1. The van der Waals surface area contributed by atoms with Crippen molar-refractivity contribution in [3.63, 3.8) is 0 Å². The lowest BCUT2D eigenvalue weighted by molar-refractivity contribution is -0.122. The second-order valence-corrected chi connectivity index (χ2v) is 8.04. The van der Waals surface area contributed by atoms with Gasteiger partial charge in [0, 0.05) is 18.8 Å². The van der Waals surface area contributed by atoms with Crippen LogP contribution in [0.5, 0.6) is 5.75 Å². The molecule has 0 saturated carbocycles. The minimum Gasteiger partial charge on any atom is -0.481 e. The van der Waals surface area contributed by atoms with Crippen LogP contribution in [-0.4, -0.2) is 51.0 Å². The first-order chi connectivity index (χ1) is 13.0. The van der Waals surface area contributed by atoms with Crippen molar-refractivity contribution in [2.45, 2.75) is 17.9 Å². The lowest BCUT2D eigenvalue weighted by Crippen LogP contribution is -2.40. The highest BCUT2D eigenvalue weighted by Gasteiger charge is 2.26. The quantitative estimate of drug-likeness (QED) is 0.817. The Morgan fingerprint density at radius 3 is 2.33 bits per heavy atom. The molecule has 1 aliphatic heterocycles. The number of ether oxygens (including phenoxy) is 2. The number of anilines is 1. The molecule has 0 aromatic heterocycles. The van der Waals surface area contributed by atoms with E-state index in [4.69, 9.17) is 9.47 Å². The second-order valence-electron chi connectivity index (χ2n) is 6.10. The Bertz CT molecular complexity index is 863. The summed E-state index contributed by atoms with van der Waals surface area (Å²) in [5, 5.41) is 2.73. The fourth-order valence-electron chi connectivity index (χ4n) is 2.65. The van der Waals surface area contributed by atoms with Crippen molar-refractivity contribution in [2.24, 2.45) is 0 Å². The first-order valence-corrected chi connectivity index (χ1v) is 10.1. The highest BCUT2D eigenvalue weighted by atomic mass is 32.2. The van der Waals surface area contributed by atoms with Crippen molar-refractivity contribution >= 4 is 21.6 Å². The zero-order valence-electron chi connectivity index (χ0n) is 15.0. The maximum atomic E-state index is 12.6. The third kappa shape index (κ3) is 4.85. The number of carbonyl (C=O) groups is 1. The Balaban J connectivity index is 1.62. The van der Waals surface area contributed by atoms with E-state index in [1.54, 1.807) is 31.2 Å². The molecule has 0 spiro atoms. The summed E-state index contributed by atoms with van der Waals surface area (Å²) in [7, 11) is -3.55. The minimum atomic E-state index is -3.55. The van der Waals surface area contributed by atoms with E-state index < -0.39 is 16.1 Å². The summed E-state index contributed by atoms with van der Waals surface area (Å²) in [5.41, 5.74) is 0.504. The van der Waals surface area contributed by atoms with Crippen molar-refractivity contribution in [3.05, 3.63) is 54.6 Å². The molecule has 1 heterocycles. The molecule has 1 fully saturated rings. The van der Waals surface area contributed by atoms with Crippen LogP contribution in [-0.2, 0) is 19.6 Å². The summed E-state index contributed by atoms with van der Waals surface area (Å²) >= 11 is 0. The van der Waals surface area contributed by atoms with Gasteiger partial charge < -0.3 is 14.8 Å². The Hall–Kier alpha value is -2.42. The van der Waals surface area contributed by atoms with Gasteiger partial charge in [0.2, 0.25) is 10.0 Å². The molecule has 27 heavy (non-hydrogen) atoms. The molecule has 8 heteroatoms. The van der Waals surface area contributed by atoms with Gasteiger partial charge in [-0.2, -0.15) is 4.31 Å². The standard InChI is InChI=1S/C19H22N2O5S/c1-15(26-17-5-3-2-4-6-17)19(22)20-16-7-9-18(10-8-16)27(23,24)21-11-13-25-14-12-21/h2-10,15H,11-14H2,1H3,(H,20,22)/t15-/m1/s1. The molecule has 2 aromatic carbocycles. The molecule has 0 radical (unpaired) electrons. The number of carbonyl (C=O) groups excluding carboxylic acids is 1. The Morgan fingerprint density at radius 2 is 1.70 bits per heavy atom. The lowest BCUT2D eigenvalue weighted by atomic mass is 10.3. The topological polar surface area (TPSA) is 84.9 Å². The van der Waals surface area contributed by atoms with E-state index in [9.17, 15) is 13.2 Å². The maximum absolute atomic E-state index is 12.6. The molecule has 1 atom stereocenters. The van der Waals surface area contributed by atoms with Crippen molar-refractivity contribution in [1.29, 1.82) is 0 Å². The van der Waals surface area contributed by atoms with E-state index in [0.29, 0.717) is 37.7 Å². The highest BCUT2D eigenvalue weighted by Crippen LogP contribution is 2.20. The monoisotopic (exact) mass is 390 g/mol. The van der Waals surface area contributed by atoms with Gasteiger partial charge in [0.25, 0.3) is 5.91 Å². The molecule has 0 bridgehead atoms. The SMILES string of the molecule is C[C@@H](Oc1ccccc1)C(=O)Nc1ccc(S(=O)(=O)N2CCOCC2)cc1. The van der Waals surface area contributed by atoms with Gasteiger partial charge in [0.1, 0.15) is 5.75 Å². The van der Waals surface area contributed by atoms with Gasteiger partial charge in [0.05, 0.1) is 18.1 Å². The van der Waals surface area contributed by atoms with Crippen molar-refractivity contribution < 1.29 is 22.7 Å². The zero-order chi connectivity index (χ0) is 19.3. The molecule has 0 aliphatic carbocycles. The number of para-hydroxylation sites is 1. The number of nitrogens with zero attached hydrogens (tertiary/aromatic N) is 1. The molecular formula is C19H22N2O5S. The zero-order valence-corrected chi connectivity index (χ0v) is 15.8. The number of morpholine rings is 1. The maximum Gasteiger partial charge on any atom is 0.265 e. The van der Waals surface area contributed by atoms with Crippen LogP contribution in [0, 0.1) is 0 Å². The summed E-state index contributed by atoms with van der Waals surface area (Å²) in [6, 6.07) is 15.2. The summed E-state index contributed by atoms with van der Waals surface area (Å²) in [6.07, 6.45) is -0.691. The normalized spacial score (nSPS) is 16.5. The van der Waals surface area contributed by atoms with Gasteiger partial charge in [-0.3, -0.25) is 4.79 Å². The smallest absolute Gasteiger partial charge is 0.265 e. The van der Waals surface area contributed by atoms with Gasteiger partial charge in [-0.15, -0.1) is 0 Å². The highest BCUT2D eigenvalue weighted by molar-refractivity contribution is 7.89. The van der Waals surface area contributed by atoms with Crippen LogP contribution in [0.3, 0.4) is 0 Å². The Morgan fingerprint density at radius 1 is 1.07 bits per heavy atom. The average Bonchev–Trinajstić information content (AvgIpc) is 2.70. The summed E-state index contributed by atoms with van der Waals surface area (Å²) in [4.78, 5) is 12.5. The fourth-order valence-corrected chi connectivity index (χ4v) is 4.05. The van der Waals surface area contributed by atoms with Crippen LogP contribution in [0.2, 0.25) is 0 Å². The van der Waals surface area contributed by atoms with Gasteiger partial charge in [-0.1, -0.05) is 18.2 Å². The molecule has 2 aromatic rings. The molecule has 1 aliphatic rings. The first-order valence-electron chi connectivity index (χ1n) is 8.67. The number of rotatable bonds is 6. The average molecular weight is 390 g/mol. The fraction of sp³-hybridized carbons (Fsp3) is 0.316. The van der Waals surface area contributed by atoms with E-state index in [1.807, 2.05) is 18.2 Å². The van der Waals surface area contributed by atoms with E-state index in [1.165, 1.54) is 16.4 Å². The summed E-state index contributed by atoms with van der Waals surface area (Å²) in [6.45, 7) is 3.13. The second kappa shape index (κ2) is 8.51. The van der Waals surface area contributed by atoms with Crippen LogP contribution in [0.4, 0.5) is 5.69 Å². The number of benzene rings is 2. The first kappa shape index (κ1) is 19.3. The summed E-state index contributed by atoms with van der Waals surface area (Å²) < 4.78 is 37.4. The molecule has 0 unspecified atom stereocenters. The molecule has 144 valence electrons. The van der Waals surface area contributed by atoms with Crippen LogP contribution in [0.1, 0.15) is 6.92 Å². The molecule has 1 amide bonds.